The molecule has 3 aromatic rings. The molecule has 0 radical (unpaired) electrons. The first kappa shape index (κ1) is 26.6. The van der Waals surface area contributed by atoms with Gasteiger partial charge in [-0.05, 0) is 47.9 Å². The van der Waals surface area contributed by atoms with Crippen molar-refractivity contribution in [1.82, 2.24) is 9.62 Å². The number of hydrogen-bond donors (Lipinski definition) is 2. The molecule has 1 aliphatic heterocycles. The molecule has 1 saturated heterocycles. The number of halogens is 3. The van der Waals surface area contributed by atoms with Crippen LogP contribution in [0.3, 0.4) is 0 Å². The monoisotopic (exact) mass is 534 g/mol. The number of benzene rings is 3. The highest BCUT2D eigenvalue weighted by Gasteiger charge is 2.43. The van der Waals surface area contributed by atoms with E-state index in [2.05, 4.69) is 0 Å². The van der Waals surface area contributed by atoms with Crippen LogP contribution >= 0.6 is 0 Å². The maximum atomic E-state index is 14.1. The fourth-order valence-electron chi connectivity index (χ4n) is 4.52. The summed E-state index contributed by atoms with van der Waals surface area (Å²) in [5, 5.41) is 0. The Morgan fingerprint density at radius 1 is 1.03 bits per heavy atom. The van der Waals surface area contributed by atoms with E-state index in [1.54, 1.807) is 31.2 Å². The third-order valence-electron chi connectivity index (χ3n) is 6.56. The van der Waals surface area contributed by atoms with E-state index in [-0.39, 0.29) is 31.5 Å². The Kier molecular flexibility index (Phi) is 7.58. The summed E-state index contributed by atoms with van der Waals surface area (Å²) in [5.74, 6) is -1.82. The van der Waals surface area contributed by atoms with Gasteiger partial charge >= 0.3 is 16.4 Å². The van der Waals surface area contributed by atoms with Crippen LogP contribution in [0.4, 0.5) is 18.0 Å². The van der Waals surface area contributed by atoms with Crippen molar-refractivity contribution in [2.75, 3.05) is 13.1 Å². The highest BCUT2D eigenvalue weighted by atomic mass is 32.2. The van der Waals surface area contributed by atoms with Gasteiger partial charge in [0.05, 0.1) is 6.04 Å². The van der Waals surface area contributed by atoms with Gasteiger partial charge < -0.3 is 9.64 Å². The second kappa shape index (κ2) is 10.5. The van der Waals surface area contributed by atoms with E-state index in [1.165, 1.54) is 41.3 Å². The van der Waals surface area contributed by atoms with Crippen molar-refractivity contribution in [1.29, 1.82) is 0 Å². The number of carbonyl (C=O) groups excluding carboxylic acids is 1. The minimum absolute atomic E-state index is 0.0182. The number of nitrogens with zero attached hydrogens (tertiary/aromatic N) is 1. The maximum absolute atomic E-state index is 14.1. The molecule has 2 atom stereocenters. The van der Waals surface area contributed by atoms with Gasteiger partial charge in [-0.2, -0.15) is 13.1 Å². The summed E-state index contributed by atoms with van der Waals surface area (Å²) in [7, 11) is -4.45. The molecule has 1 aliphatic rings. The van der Waals surface area contributed by atoms with Gasteiger partial charge in [0.2, 0.25) is 0 Å². The molecule has 4 rings (SSSR count). The van der Waals surface area contributed by atoms with E-state index < -0.39 is 45.5 Å². The van der Waals surface area contributed by atoms with Gasteiger partial charge in [0, 0.05) is 37.6 Å². The van der Waals surface area contributed by atoms with E-state index >= 15 is 0 Å². The number of cyclic esters (lactones) is 1. The average molecular weight is 535 g/mol. The first-order valence-electron chi connectivity index (χ1n) is 11.5. The van der Waals surface area contributed by atoms with Crippen molar-refractivity contribution in [2.45, 2.75) is 31.4 Å². The molecule has 0 aromatic heterocycles. The van der Waals surface area contributed by atoms with E-state index in [0.717, 1.165) is 11.6 Å². The SMILES string of the molecule is C[C@@H](c1ccc(-c2ccc(F)cc2F)cc1)N1CC[C@](CCNS(=O)(=O)O)(c2ccc(F)cc2)OC1=O. The lowest BCUT2D eigenvalue weighted by atomic mass is 9.85. The zero-order chi connectivity index (χ0) is 26.8. The minimum atomic E-state index is -4.45. The molecule has 3 aromatic carbocycles. The summed E-state index contributed by atoms with van der Waals surface area (Å²) in [5.41, 5.74) is 0.822. The van der Waals surface area contributed by atoms with Crippen LogP contribution in [0, 0.1) is 17.5 Å². The standard InChI is InChI=1S/C26H25F3N2O5S/c1-17(18-2-4-19(5-3-18)23-11-10-22(28)16-24(23)29)31-15-13-26(36-25(31)32,12-14-30-37(33,34)35)20-6-8-21(27)9-7-20/h2-11,16-17,30H,12-15H2,1H3,(H,33,34,35)/t17-,26+/m0/s1. The fourth-order valence-corrected chi connectivity index (χ4v) is 4.88. The van der Waals surface area contributed by atoms with Crippen LogP contribution in [0.25, 0.3) is 11.1 Å². The third kappa shape index (κ3) is 6.12. The first-order valence-corrected chi connectivity index (χ1v) is 12.9. The largest absolute Gasteiger partial charge is 0.438 e. The Labute approximate surface area is 212 Å². The topological polar surface area (TPSA) is 95.9 Å². The minimum Gasteiger partial charge on any atom is -0.438 e. The van der Waals surface area contributed by atoms with Crippen molar-refractivity contribution in [3.05, 3.63) is 95.3 Å². The second-order valence-electron chi connectivity index (χ2n) is 8.85. The van der Waals surface area contributed by atoms with Crippen molar-refractivity contribution < 1.29 is 35.7 Å². The summed E-state index contributed by atoms with van der Waals surface area (Å²) in [6, 6.07) is 15.2. The summed E-state index contributed by atoms with van der Waals surface area (Å²) >= 11 is 0. The van der Waals surface area contributed by atoms with Crippen molar-refractivity contribution in [3.63, 3.8) is 0 Å². The predicted octanol–water partition coefficient (Wildman–Crippen LogP) is 5.35. The Balaban J connectivity index is 1.52. The molecule has 1 heterocycles. The van der Waals surface area contributed by atoms with Gasteiger partial charge in [0.15, 0.2) is 0 Å². The Morgan fingerprint density at radius 2 is 1.68 bits per heavy atom. The quantitative estimate of drug-likeness (QED) is 0.380. The lowest BCUT2D eigenvalue weighted by molar-refractivity contribution is -0.0645. The summed E-state index contributed by atoms with van der Waals surface area (Å²) in [6.45, 7) is 1.84. The number of nitrogens with one attached hydrogen (secondary N) is 1. The number of hydrogen-bond acceptors (Lipinski definition) is 4. The molecular formula is C26H25F3N2O5S. The van der Waals surface area contributed by atoms with Crippen LogP contribution in [-0.2, 0) is 20.6 Å². The second-order valence-corrected chi connectivity index (χ2v) is 10.1. The smallest absolute Gasteiger partial charge is 0.411 e. The maximum Gasteiger partial charge on any atom is 0.411 e. The number of rotatable bonds is 8. The van der Waals surface area contributed by atoms with Gasteiger partial charge in [0.1, 0.15) is 23.1 Å². The fraction of sp³-hybridized carbons (Fsp3) is 0.269. The van der Waals surface area contributed by atoms with Crippen LogP contribution < -0.4 is 4.72 Å². The predicted molar refractivity (Wildman–Crippen MR) is 130 cm³/mol. The highest BCUT2D eigenvalue weighted by Crippen LogP contribution is 2.39. The van der Waals surface area contributed by atoms with Crippen molar-refractivity contribution in [2.24, 2.45) is 0 Å². The average Bonchev–Trinajstić information content (AvgIpc) is 2.83. The highest BCUT2D eigenvalue weighted by molar-refractivity contribution is 7.83. The zero-order valence-electron chi connectivity index (χ0n) is 19.8. The first-order chi connectivity index (χ1) is 17.5. The number of amides is 1. The molecule has 0 saturated carbocycles. The van der Waals surface area contributed by atoms with Crippen LogP contribution in [0.2, 0.25) is 0 Å². The molecular weight excluding hydrogens is 509 g/mol. The Morgan fingerprint density at radius 3 is 2.27 bits per heavy atom. The number of carbonyl (C=O) groups is 1. The van der Waals surface area contributed by atoms with Gasteiger partial charge in [0.25, 0.3) is 0 Å². The van der Waals surface area contributed by atoms with Gasteiger partial charge in [-0.1, -0.05) is 36.4 Å². The van der Waals surface area contributed by atoms with E-state index in [1.807, 2.05) is 4.72 Å². The van der Waals surface area contributed by atoms with Crippen LogP contribution in [0.5, 0.6) is 0 Å². The van der Waals surface area contributed by atoms with Crippen molar-refractivity contribution >= 4 is 16.4 Å². The lowest BCUT2D eigenvalue weighted by Gasteiger charge is -2.43. The van der Waals surface area contributed by atoms with Gasteiger partial charge in [-0.15, -0.1) is 0 Å². The van der Waals surface area contributed by atoms with Crippen LogP contribution in [0.15, 0.2) is 66.7 Å². The molecule has 37 heavy (non-hydrogen) atoms. The molecule has 0 aliphatic carbocycles. The molecule has 0 bridgehead atoms. The van der Waals surface area contributed by atoms with E-state index in [0.29, 0.717) is 11.1 Å². The van der Waals surface area contributed by atoms with Crippen LogP contribution in [-0.4, -0.2) is 37.1 Å². The van der Waals surface area contributed by atoms with E-state index in [9.17, 15) is 26.4 Å². The molecule has 1 amide bonds. The summed E-state index contributed by atoms with van der Waals surface area (Å²) < 4.78 is 80.0. The van der Waals surface area contributed by atoms with Crippen molar-refractivity contribution in [3.8, 4) is 11.1 Å². The zero-order valence-corrected chi connectivity index (χ0v) is 20.6. The Bertz CT molecular complexity index is 1380. The van der Waals surface area contributed by atoms with Gasteiger partial charge in [-0.25, -0.2) is 18.0 Å². The Hall–Kier alpha value is -3.41. The molecule has 11 heteroatoms. The lowest BCUT2D eigenvalue weighted by Crippen LogP contribution is -2.49. The molecule has 0 spiro atoms. The summed E-state index contributed by atoms with van der Waals surface area (Å²) in [6.07, 6.45) is -0.353. The number of ether oxygens (including phenoxy) is 1. The molecule has 1 fully saturated rings. The van der Waals surface area contributed by atoms with Crippen LogP contribution in [0.1, 0.15) is 36.9 Å². The molecule has 2 N–H and O–H groups in total. The normalized spacial score (nSPS) is 18.9. The van der Waals surface area contributed by atoms with Gasteiger partial charge in [-0.3, -0.25) is 4.55 Å². The molecule has 196 valence electrons. The van der Waals surface area contributed by atoms with E-state index in [4.69, 9.17) is 9.29 Å². The third-order valence-corrected chi connectivity index (χ3v) is 7.13. The molecule has 0 unspecified atom stereocenters. The molecule has 7 nitrogen and oxygen atoms in total. The summed E-state index contributed by atoms with van der Waals surface area (Å²) in [4.78, 5) is 14.7.